The molecule has 2 aromatic carbocycles. The fraction of sp³-hybridized carbons (Fsp3) is 0.261. The highest BCUT2D eigenvalue weighted by Crippen LogP contribution is 2.24. The molecule has 1 heterocycles. The molecule has 1 N–H and O–H groups in total. The first kappa shape index (κ1) is 20.3. The number of para-hydroxylation sites is 1. The zero-order valence-corrected chi connectivity index (χ0v) is 17.4. The summed E-state index contributed by atoms with van der Waals surface area (Å²) in [5.74, 6) is 0.214. The van der Waals surface area contributed by atoms with Gasteiger partial charge in [0, 0.05) is 43.4 Å². The first-order valence-electron chi connectivity index (χ1n) is 9.82. The zero-order chi connectivity index (χ0) is 20.8. The molecule has 150 valence electrons. The van der Waals surface area contributed by atoms with Gasteiger partial charge in [0.15, 0.2) is 0 Å². The predicted molar refractivity (Wildman–Crippen MR) is 119 cm³/mol. The SMILES string of the molecule is CCN(CC)c1ccc(Nc2nccc(C(=O)N(C)c3ccccc3)n2)c(C)c1. The van der Waals surface area contributed by atoms with Gasteiger partial charge in [-0.05, 0) is 62.7 Å². The number of aromatic nitrogens is 2. The molecule has 29 heavy (non-hydrogen) atoms. The van der Waals surface area contributed by atoms with Gasteiger partial charge in [0.2, 0.25) is 5.95 Å². The van der Waals surface area contributed by atoms with E-state index in [1.165, 1.54) is 5.69 Å². The molecule has 6 heteroatoms. The first-order chi connectivity index (χ1) is 14.0. The van der Waals surface area contributed by atoms with Crippen LogP contribution in [-0.4, -0.2) is 36.0 Å². The summed E-state index contributed by atoms with van der Waals surface area (Å²) >= 11 is 0. The second-order valence-electron chi connectivity index (χ2n) is 6.76. The summed E-state index contributed by atoms with van der Waals surface area (Å²) in [6.45, 7) is 8.27. The van der Waals surface area contributed by atoms with Crippen LogP contribution in [0, 0.1) is 6.92 Å². The minimum atomic E-state index is -0.185. The second-order valence-corrected chi connectivity index (χ2v) is 6.76. The Labute approximate surface area is 172 Å². The average molecular weight is 390 g/mol. The van der Waals surface area contributed by atoms with E-state index in [1.807, 2.05) is 43.3 Å². The molecule has 0 bridgehead atoms. The molecule has 1 amide bonds. The number of aryl methyl sites for hydroxylation is 1. The summed E-state index contributed by atoms with van der Waals surface area (Å²) in [5.41, 5.74) is 4.35. The van der Waals surface area contributed by atoms with Gasteiger partial charge in [-0.15, -0.1) is 0 Å². The Bertz CT molecular complexity index is 970. The molecule has 0 spiro atoms. The van der Waals surface area contributed by atoms with Gasteiger partial charge in [-0.3, -0.25) is 4.79 Å². The monoisotopic (exact) mass is 389 g/mol. The Kier molecular flexibility index (Phi) is 6.44. The van der Waals surface area contributed by atoms with Crippen molar-refractivity contribution in [3.05, 3.63) is 72.1 Å². The van der Waals surface area contributed by atoms with Crippen molar-refractivity contribution in [2.24, 2.45) is 0 Å². The molecular weight excluding hydrogens is 362 g/mol. The summed E-state index contributed by atoms with van der Waals surface area (Å²) in [4.78, 5) is 25.4. The third kappa shape index (κ3) is 4.71. The summed E-state index contributed by atoms with van der Waals surface area (Å²) in [6, 6.07) is 17.4. The van der Waals surface area contributed by atoms with Crippen LogP contribution in [0.25, 0.3) is 0 Å². The molecule has 0 saturated heterocycles. The van der Waals surface area contributed by atoms with Crippen LogP contribution in [0.2, 0.25) is 0 Å². The Hall–Kier alpha value is -3.41. The number of amides is 1. The molecule has 1 aromatic heterocycles. The van der Waals surface area contributed by atoms with E-state index in [2.05, 4.69) is 46.2 Å². The summed E-state index contributed by atoms with van der Waals surface area (Å²) in [7, 11) is 1.74. The molecule has 0 fully saturated rings. The van der Waals surface area contributed by atoms with Crippen LogP contribution in [0.1, 0.15) is 29.9 Å². The molecule has 0 radical (unpaired) electrons. The van der Waals surface area contributed by atoms with E-state index in [9.17, 15) is 4.79 Å². The lowest BCUT2D eigenvalue weighted by molar-refractivity contribution is 0.0988. The van der Waals surface area contributed by atoms with E-state index < -0.39 is 0 Å². The highest BCUT2D eigenvalue weighted by Gasteiger charge is 2.16. The van der Waals surface area contributed by atoms with Gasteiger partial charge in [-0.25, -0.2) is 9.97 Å². The quantitative estimate of drug-likeness (QED) is 0.637. The fourth-order valence-electron chi connectivity index (χ4n) is 3.17. The van der Waals surface area contributed by atoms with Gasteiger partial charge < -0.3 is 15.1 Å². The number of hydrogen-bond donors (Lipinski definition) is 1. The third-order valence-electron chi connectivity index (χ3n) is 4.91. The van der Waals surface area contributed by atoms with Crippen LogP contribution in [0.4, 0.5) is 23.0 Å². The predicted octanol–water partition coefficient (Wildman–Crippen LogP) is 4.65. The average Bonchev–Trinajstić information content (AvgIpc) is 2.76. The van der Waals surface area contributed by atoms with E-state index in [1.54, 1.807) is 24.2 Å². The third-order valence-corrected chi connectivity index (χ3v) is 4.91. The zero-order valence-electron chi connectivity index (χ0n) is 17.4. The summed E-state index contributed by atoms with van der Waals surface area (Å²) in [6.07, 6.45) is 1.60. The Balaban J connectivity index is 1.79. The minimum Gasteiger partial charge on any atom is -0.372 e. The number of anilines is 4. The van der Waals surface area contributed by atoms with Gasteiger partial charge in [-0.1, -0.05) is 18.2 Å². The maximum atomic E-state index is 12.8. The lowest BCUT2D eigenvalue weighted by Crippen LogP contribution is -2.27. The number of carbonyl (C=O) groups is 1. The van der Waals surface area contributed by atoms with Crippen molar-refractivity contribution < 1.29 is 4.79 Å². The van der Waals surface area contributed by atoms with Crippen LogP contribution in [0.15, 0.2) is 60.8 Å². The molecule has 0 saturated carbocycles. The molecule has 3 aromatic rings. The van der Waals surface area contributed by atoms with E-state index in [0.717, 1.165) is 30.0 Å². The second kappa shape index (κ2) is 9.19. The molecule has 0 aliphatic carbocycles. The van der Waals surface area contributed by atoms with Crippen molar-refractivity contribution in [3.63, 3.8) is 0 Å². The fourth-order valence-corrected chi connectivity index (χ4v) is 3.17. The molecule has 0 aliphatic heterocycles. The van der Waals surface area contributed by atoms with Crippen molar-refractivity contribution >= 4 is 28.9 Å². The van der Waals surface area contributed by atoms with Crippen LogP contribution < -0.4 is 15.1 Å². The van der Waals surface area contributed by atoms with Crippen molar-refractivity contribution in [2.75, 3.05) is 35.3 Å². The molecule has 3 rings (SSSR count). The number of carbonyl (C=O) groups excluding carboxylic acids is 1. The Morgan fingerprint density at radius 3 is 2.38 bits per heavy atom. The van der Waals surface area contributed by atoms with E-state index in [0.29, 0.717) is 11.6 Å². The van der Waals surface area contributed by atoms with Crippen LogP contribution in [0.3, 0.4) is 0 Å². The molecule has 6 nitrogen and oxygen atoms in total. The van der Waals surface area contributed by atoms with Crippen LogP contribution in [-0.2, 0) is 0 Å². The van der Waals surface area contributed by atoms with E-state index in [-0.39, 0.29) is 5.91 Å². The highest BCUT2D eigenvalue weighted by atomic mass is 16.2. The normalized spacial score (nSPS) is 10.5. The minimum absolute atomic E-state index is 0.185. The van der Waals surface area contributed by atoms with Crippen molar-refractivity contribution in [3.8, 4) is 0 Å². The Morgan fingerprint density at radius 1 is 1.00 bits per heavy atom. The maximum Gasteiger partial charge on any atom is 0.276 e. The number of benzene rings is 2. The molecule has 0 unspecified atom stereocenters. The van der Waals surface area contributed by atoms with Crippen molar-refractivity contribution in [1.82, 2.24) is 9.97 Å². The lowest BCUT2D eigenvalue weighted by atomic mass is 10.1. The van der Waals surface area contributed by atoms with Gasteiger partial charge in [-0.2, -0.15) is 0 Å². The molecule has 0 atom stereocenters. The Morgan fingerprint density at radius 2 is 1.72 bits per heavy atom. The maximum absolute atomic E-state index is 12.8. The van der Waals surface area contributed by atoms with Gasteiger partial charge >= 0.3 is 0 Å². The van der Waals surface area contributed by atoms with E-state index >= 15 is 0 Å². The van der Waals surface area contributed by atoms with Crippen LogP contribution >= 0.6 is 0 Å². The van der Waals surface area contributed by atoms with Crippen molar-refractivity contribution in [1.29, 1.82) is 0 Å². The standard InChI is InChI=1S/C23H27N5O/c1-5-28(6-2)19-12-13-20(17(3)16-19)25-23-24-15-14-21(26-23)22(29)27(4)18-10-8-7-9-11-18/h7-16H,5-6H2,1-4H3,(H,24,25,26). The first-order valence-corrected chi connectivity index (χ1v) is 9.82. The molecular formula is C23H27N5O. The number of nitrogens with one attached hydrogen (secondary N) is 1. The summed E-state index contributed by atoms with van der Waals surface area (Å²) < 4.78 is 0. The lowest BCUT2D eigenvalue weighted by Gasteiger charge is -2.22. The van der Waals surface area contributed by atoms with Gasteiger partial charge in [0.1, 0.15) is 5.69 Å². The summed E-state index contributed by atoms with van der Waals surface area (Å²) in [5, 5.41) is 3.24. The topological polar surface area (TPSA) is 61.4 Å². The number of rotatable bonds is 7. The largest absolute Gasteiger partial charge is 0.372 e. The van der Waals surface area contributed by atoms with Crippen molar-refractivity contribution in [2.45, 2.75) is 20.8 Å². The highest BCUT2D eigenvalue weighted by molar-refractivity contribution is 6.04. The van der Waals surface area contributed by atoms with Gasteiger partial charge in [0.05, 0.1) is 0 Å². The van der Waals surface area contributed by atoms with Gasteiger partial charge in [0.25, 0.3) is 5.91 Å². The van der Waals surface area contributed by atoms with E-state index in [4.69, 9.17) is 0 Å². The number of hydrogen-bond acceptors (Lipinski definition) is 5. The number of nitrogens with zero attached hydrogens (tertiary/aromatic N) is 4. The smallest absolute Gasteiger partial charge is 0.276 e. The van der Waals surface area contributed by atoms with Crippen LogP contribution in [0.5, 0.6) is 0 Å². The molecule has 0 aliphatic rings.